The van der Waals surface area contributed by atoms with E-state index in [1.54, 1.807) is 6.07 Å². The normalized spacial score (nSPS) is 16.5. The first-order valence-corrected chi connectivity index (χ1v) is 5.95. The summed E-state index contributed by atoms with van der Waals surface area (Å²) in [6, 6.07) is 7.32. The number of carbonyl (C=O) groups excluding carboxylic acids is 1. The van der Waals surface area contributed by atoms with Crippen molar-refractivity contribution in [2.45, 2.75) is 25.4 Å². The van der Waals surface area contributed by atoms with Crippen molar-refractivity contribution in [1.82, 2.24) is 5.32 Å². The molecule has 2 rings (SSSR count). The lowest BCUT2D eigenvalue weighted by Gasteiger charge is -2.11. The van der Waals surface area contributed by atoms with Crippen molar-refractivity contribution < 1.29 is 9.90 Å². The fourth-order valence-corrected chi connectivity index (χ4v) is 1.80. The first-order valence-electron chi connectivity index (χ1n) is 5.95. The number of anilines is 1. The molecule has 1 saturated carbocycles. The van der Waals surface area contributed by atoms with Crippen molar-refractivity contribution in [3.8, 4) is 0 Å². The summed E-state index contributed by atoms with van der Waals surface area (Å²) in [6.45, 7) is 0.343. The third kappa shape index (κ3) is 3.46. The van der Waals surface area contributed by atoms with E-state index < -0.39 is 6.10 Å². The predicted molar refractivity (Wildman–Crippen MR) is 66.3 cm³/mol. The Bertz CT molecular complexity index is 402. The van der Waals surface area contributed by atoms with E-state index in [1.807, 2.05) is 18.2 Å². The number of nitrogen functional groups attached to an aromatic ring is 1. The molecule has 1 aliphatic rings. The Kier molecular flexibility index (Phi) is 3.64. The smallest absolute Gasteiger partial charge is 0.224 e. The van der Waals surface area contributed by atoms with Crippen LogP contribution in [0.4, 0.5) is 5.69 Å². The fraction of sp³-hybridized carbons (Fsp3) is 0.462. The fourth-order valence-electron chi connectivity index (χ4n) is 1.80. The average molecular weight is 234 g/mol. The van der Waals surface area contributed by atoms with E-state index in [-0.39, 0.29) is 12.3 Å². The molecule has 0 saturated heterocycles. The maximum Gasteiger partial charge on any atom is 0.224 e. The monoisotopic (exact) mass is 234 g/mol. The van der Waals surface area contributed by atoms with Gasteiger partial charge in [0, 0.05) is 12.2 Å². The second-order valence-corrected chi connectivity index (χ2v) is 4.58. The van der Waals surface area contributed by atoms with Gasteiger partial charge in [0.05, 0.1) is 12.5 Å². The lowest BCUT2D eigenvalue weighted by molar-refractivity contribution is -0.120. The van der Waals surface area contributed by atoms with E-state index in [2.05, 4.69) is 5.32 Å². The molecule has 17 heavy (non-hydrogen) atoms. The molecule has 4 N–H and O–H groups in total. The van der Waals surface area contributed by atoms with Crippen LogP contribution in [-0.4, -0.2) is 23.7 Å². The van der Waals surface area contributed by atoms with E-state index in [0.717, 1.165) is 18.4 Å². The largest absolute Gasteiger partial charge is 0.398 e. The first kappa shape index (κ1) is 11.9. The van der Waals surface area contributed by atoms with Gasteiger partial charge in [-0.15, -0.1) is 0 Å². The van der Waals surface area contributed by atoms with Gasteiger partial charge in [-0.3, -0.25) is 4.79 Å². The van der Waals surface area contributed by atoms with Crippen LogP contribution in [0.3, 0.4) is 0 Å². The predicted octanol–water partition coefficient (Wildman–Crippen LogP) is 0.698. The van der Waals surface area contributed by atoms with Crippen molar-refractivity contribution in [2.24, 2.45) is 5.92 Å². The van der Waals surface area contributed by atoms with Gasteiger partial charge < -0.3 is 16.2 Å². The van der Waals surface area contributed by atoms with Gasteiger partial charge in [-0.25, -0.2) is 0 Å². The molecule has 0 heterocycles. The summed E-state index contributed by atoms with van der Waals surface area (Å²) in [4.78, 5) is 11.6. The van der Waals surface area contributed by atoms with Crippen LogP contribution < -0.4 is 11.1 Å². The van der Waals surface area contributed by atoms with Gasteiger partial charge in [-0.2, -0.15) is 0 Å². The molecule has 1 aromatic carbocycles. The van der Waals surface area contributed by atoms with Crippen LogP contribution in [0, 0.1) is 5.92 Å². The highest BCUT2D eigenvalue weighted by Crippen LogP contribution is 2.32. The Labute approximate surface area is 101 Å². The zero-order valence-corrected chi connectivity index (χ0v) is 9.73. The lowest BCUT2D eigenvalue weighted by Crippen LogP contribution is -2.34. The zero-order valence-electron chi connectivity index (χ0n) is 9.73. The van der Waals surface area contributed by atoms with Crippen LogP contribution >= 0.6 is 0 Å². The third-order valence-electron chi connectivity index (χ3n) is 3.08. The summed E-state index contributed by atoms with van der Waals surface area (Å²) in [5.74, 6) is 0.291. The van der Waals surface area contributed by atoms with Gasteiger partial charge in [0.25, 0.3) is 0 Å². The molecular formula is C13H18N2O2. The minimum atomic E-state index is -0.396. The molecule has 0 radical (unpaired) electrons. The van der Waals surface area contributed by atoms with Gasteiger partial charge in [-0.1, -0.05) is 18.2 Å². The number of carbonyl (C=O) groups is 1. The summed E-state index contributed by atoms with van der Waals surface area (Å²) in [7, 11) is 0. The number of aliphatic hydroxyl groups is 1. The number of hydrogen-bond donors (Lipinski definition) is 3. The third-order valence-corrected chi connectivity index (χ3v) is 3.08. The maximum absolute atomic E-state index is 11.6. The Morgan fingerprint density at radius 1 is 1.47 bits per heavy atom. The summed E-state index contributed by atoms with van der Waals surface area (Å²) < 4.78 is 0. The number of nitrogens with one attached hydrogen (secondary N) is 1. The highest BCUT2D eigenvalue weighted by molar-refractivity contribution is 5.80. The highest BCUT2D eigenvalue weighted by atomic mass is 16.3. The van der Waals surface area contributed by atoms with Crippen LogP contribution in [0.2, 0.25) is 0 Å². The molecule has 0 bridgehead atoms. The van der Waals surface area contributed by atoms with E-state index in [4.69, 9.17) is 5.73 Å². The molecule has 92 valence electrons. The van der Waals surface area contributed by atoms with Crippen LogP contribution in [0.25, 0.3) is 0 Å². The quantitative estimate of drug-likeness (QED) is 0.656. The topological polar surface area (TPSA) is 75.4 Å². The zero-order chi connectivity index (χ0) is 12.3. The highest BCUT2D eigenvalue weighted by Gasteiger charge is 2.29. The Morgan fingerprint density at radius 3 is 2.82 bits per heavy atom. The average Bonchev–Trinajstić information content (AvgIpc) is 3.13. The molecule has 1 amide bonds. The van der Waals surface area contributed by atoms with E-state index in [1.165, 1.54) is 0 Å². The number of hydrogen-bond acceptors (Lipinski definition) is 3. The molecule has 1 aromatic rings. The second kappa shape index (κ2) is 5.19. The molecule has 0 spiro atoms. The van der Waals surface area contributed by atoms with Gasteiger partial charge in [0.1, 0.15) is 0 Å². The first-order chi connectivity index (χ1) is 8.16. The van der Waals surface area contributed by atoms with Crippen molar-refractivity contribution in [1.29, 1.82) is 0 Å². The van der Waals surface area contributed by atoms with Crippen LogP contribution in [0.1, 0.15) is 18.4 Å². The lowest BCUT2D eigenvalue weighted by atomic mass is 10.1. The van der Waals surface area contributed by atoms with Gasteiger partial charge in [0.2, 0.25) is 5.91 Å². The van der Waals surface area contributed by atoms with Crippen molar-refractivity contribution in [3.63, 3.8) is 0 Å². The number of aliphatic hydroxyl groups excluding tert-OH is 1. The van der Waals surface area contributed by atoms with Crippen LogP contribution in [-0.2, 0) is 11.2 Å². The summed E-state index contributed by atoms with van der Waals surface area (Å²) in [5.41, 5.74) is 7.21. The molecule has 4 nitrogen and oxygen atoms in total. The molecule has 1 unspecified atom stereocenters. The minimum Gasteiger partial charge on any atom is -0.398 e. The van der Waals surface area contributed by atoms with Gasteiger partial charge >= 0.3 is 0 Å². The second-order valence-electron chi connectivity index (χ2n) is 4.58. The summed E-state index contributed by atoms with van der Waals surface area (Å²) >= 11 is 0. The van der Waals surface area contributed by atoms with Crippen molar-refractivity contribution >= 4 is 11.6 Å². The van der Waals surface area contributed by atoms with Crippen LogP contribution in [0.15, 0.2) is 24.3 Å². The molecule has 0 aliphatic heterocycles. The summed E-state index contributed by atoms with van der Waals surface area (Å²) in [5, 5.41) is 12.4. The minimum absolute atomic E-state index is 0.0948. The Balaban J connectivity index is 1.78. The van der Waals surface area contributed by atoms with Crippen molar-refractivity contribution in [3.05, 3.63) is 29.8 Å². The number of nitrogens with two attached hydrogens (primary N) is 1. The van der Waals surface area contributed by atoms with E-state index in [0.29, 0.717) is 18.2 Å². The Hall–Kier alpha value is -1.55. The van der Waals surface area contributed by atoms with Gasteiger partial charge in [-0.05, 0) is 30.4 Å². The standard InChI is InChI=1S/C13H18N2O2/c14-11-4-2-1-3-10(11)7-13(17)15-8-12(16)9-5-6-9/h1-4,9,12,16H,5-8,14H2,(H,15,17). The number of benzene rings is 1. The van der Waals surface area contributed by atoms with Crippen LogP contribution in [0.5, 0.6) is 0 Å². The van der Waals surface area contributed by atoms with Gasteiger partial charge in [0.15, 0.2) is 0 Å². The van der Waals surface area contributed by atoms with E-state index in [9.17, 15) is 9.90 Å². The molecule has 4 heteroatoms. The molecule has 1 atom stereocenters. The van der Waals surface area contributed by atoms with E-state index >= 15 is 0 Å². The summed E-state index contributed by atoms with van der Waals surface area (Å²) in [6.07, 6.45) is 2.02. The number of rotatable bonds is 5. The molecular weight excluding hydrogens is 216 g/mol. The SMILES string of the molecule is Nc1ccccc1CC(=O)NCC(O)C1CC1. The maximum atomic E-state index is 11.6. The molecule has 0 aromatic heterocycles. The van der Waals surface area contributed by atoms with Crippen molar-refractivity contribution in [2.75, 3.05) is 12.3 Å². The Morgan fingerprint density at radius 2 is 2.18 bits per heavy atom. The molecule has 1 aliphatic carbocycles. The molecule has 1 fully saturated rings. The number of amides is 1. The number of para-hydroxylation sites is 1.